The highest BCUT2D eigenvalue weighted by molar-refractivity contribution is 5.75. The van der Waals surface area contributed by atoms with Gasteiger partial charge in [-0.1, -0.05) is 38.1 Å². The van der Waals surface area contributed by atoms with Gasteiger partial charge in [0.2, 0.25) is 0 Å². The van der Waals surface area contributed by atoms with Crippen molar-refractivity contribution >= 4 is 5.97 Å². The molecule has 0 saturated carbocycles. The average Bonchev–Trinajstić information content (AvgIpc) is 2.42. The molecule has 1 aromatic rings. The first kappa shape index (κ1) is 14.1. The van der Waals surface area contributed by atoms with Crippen LogP contribution in [0.15, 0.2) is 24.3 Å². The number of hydrogen-bond acceptors (Lipinski definition) is 3. The molecule has 1 heterocycles. The first-order valence-corrected chi connectivity index (χ1v) is 6.93. The number of esters is 1. The Morgan fingerprint density at radius 2 is 1.95 bits per heavy atom. The van der Waals surface area contributed by atoms with Crippen molar-refractivity contribution in [2.24, 2.45) is 5.92 Å². The zero-order valence-electron chi connectivity index (χ0n) is 11.9. The molecule has 0 N–H and O–H groups in total. The van der Waals surface area contributed by atoms with Crippen LogP contribution < -0.4 is 0 Å². The second-order valence-electron chi connectivity index (χ2n) is 5.18. The summed E-state index contributed by atoms with van der Waals surface area (Å²) in [5, 5.41) is 0. The van der Waals surface area contributed by atoms with Gasteiger partial charge in [0.05, 0.1) is 31.7 Å². The first-order valence-electron chi connectivity index (χ1n) is 6.93. The summed E-state index contributed by atoms with van der Waals surface area (Å²) >= 11 is 0. The Morgan fingerprint density at radius 3 is 2.32 bits per heavy atom. The van der Waals surface area contributed by atoms with Crippen LogP contribution in [-0.4, -0.2) is 26.3 Å². The third kappa shape index (κ3) is 2.39. The van der Waals surface area contributed by atoms with Crippen molar-refractivity contribution in [1.82, 2.24) is 0 Å². The molecule has 19 heavy (non-hydrogen) atoms. The Hall–Kier alpha value is -1.35. The fourth-order valence-corrected chi connectivity index (χ4v) is 2.89. The molecule has 0 spiro atoms. The minimum absolute atomic E-state index is 0.126. The van der Waals surface area contributed by atoms with Crippen LogP contribution in [0, 0.1) is 5.92 Å². The van der Waals surface area contributed by atoms with Gasteiger partial charge in [-0.15, -0.1) is 0 Å². The molecule has 1 aromatic carbocycles. The number of benzene rings is 1. The Kier molecular flexibility index (Phi) is 4.25. The molecule has 1 aliphatic heterocycles. The molecule has 1 aliphatic rings. The molecule has 1 saturated heterocycles. The predicted molar refractivity (Wildman–Crippen MR) is 74.1 cm³/mol. The molecular formula is C16H22O3. The van der Waals surface area contributed by atoms with Crippen LogP contribution in [0.25, 0.3) is 0 Å². The summed E-state index contributed by atoms with van der Waals surface area (Å²) in [5.41, 5.74) is 2.30. The average molecular weight is 262 g/mol. The number of carbonyl (C=O) groups is 1. The van der Waals surface area contributed by atoms with Crippen molar-refractivity contribution in [1.29, 1.82) is 0 Å². The van der Waals surface area contributed by atoms with E-state index in [1.165, 1.54) is 18.2 Å². The molecule has 0 aliphatic carbocycles. The van der Waals surface area contributed by atoms with Crippen LogP contribution >= 0.6 is 0 Å². The van der Waals surface area contributed by atoms with E-state index in [1.807, 2.05) is 6.92 Å². The van der Waals surface area contributed by atoms with Crippen LogP contribution in [0.2, 0.25) is 0 Å². The number of methoxy groups -OCH3 is 1. The molecule has 2 rings (SSSR count). The van der Waals surface area contributed by atoms with E-state index in [4.69, 9.17) is 9.47 Å². The van der Waals surface area contributed by atoms with Crippen molar-refractivity contribution in [3.05, 3.63) is 35.4 Å². The maximum absolute atomic E-state index is 12.0. The lowest BCUT2D eigenvalue weighted by atomic mass is 9.67. The van der Waals surface area contributed by atoms with Crippen LogP contribution in [0.1, 0.15) is 31.4 Å². The molecular weight excluding hydrogens is 240 g/mol. The largest absolute Gasteiger partial charge is 0.469 e. The van der Waals surface area contributed by atoms with Gasteiger partial charge in [0, 0.05) is 0 Å². The van der Waals surface area contributed by atoms with Crippen molar-refractivity contribution in [3.63, 3.8) is 0 Å². The molecule has 104 valence electrons. The molecule has 0 aromatic heterocycles. The molecule has 3 heteroatoms. The summed E-state index contributed by atoms with van der Waals surface area (Å²) in [5.74, 6) is -0.260. The number of rotatable bonds is 5. The van der Waals surface area contributed by atoms with Gasteiger partial charge in [-0.3, -0.25) is 4.79 Å². The maximum atomic E-state index is 12.0. The van der Waals surface area contributed by atoms with E-state index < -0.39 is 0 Å². The van der Waals surface area contributed by atoms with E-state index in [1.54, 1.807) is 0 Å². The number of aryl methyl sites for hydroxylation is 1. The van der Waals surface area contributed by atoms with E-state index in [2.05, 4.69) is 31.2 Å². The van der Waals surface area contributed by atoms with E-state index in [0.29, 0.717) is 13.2 Å². The topological polar surface area (TPSA) is 35.5 Å². The van der Waals surface area contributed by atoms with Crippen LogP contribution in [0.5, 0.6) is 0 Å². The van der Waals surface area contributed by atoms with Gasteiger partial charge in [0.25, 0.3) is 0 Å². The fraction of sp³-hybridized carbons (Fsp3) is 0.562. The van der Waals surface area contributed by atoms with E-state index in [0.717, 1.165) is 12.8 Å². The minimum Gasteiger partial charge on any atom is -0.469 e. The third-order valence-electron chi connectivity index (χ3n) is 4.22. The van der Waals surface area contributed by atoms with Gasteiger partial charge >= 0.3 is 5.97 Å². The molecule has 1 unspecified atom stereocenters. The predicted octanol–water partition coefficient (Wildman–Crippen LogP) is 2.72. The van der Waals surface area contributed by atoms with Crippen molar-refractivity contribution < 1.29 is 14.3 Å². The normalized spacial score (nSPS) is 18.5. The second-order valence-corrected chi connectivity index (χ2v) is 5.18. The van der Waals surface area contributed by atoms with Crippen LogP contribution in [0.3, 0.4) is 0 Å². The van der Waals surface area contributed by atoms with Crippen molar-refractivity contribution in [2.75, 3.05) is 20.3 Å². The van der Waals surface area contributed by atoms with Crippen molar-refractivity contribution in [3.8, 4) is 0 Å². The smallest absolute Gasteiger partial charge is 0.309 e. The summed E-state index contributed by atoms with van der Waals surface area (Å²) in [6.07, 6.45) is 1.80. The third-order valence-corrected chi connectivity index (χ3v) is 4.22. The lowest BCUT2D eigenvalue weighted by molar-refractivity contribution is -0.160. The monoisotopic (exact) mass is 262 g/mol. The summed E-state index contributed by atoms with van der Waals surface area (Å²) < 4.78 is 10.4. The van der Waals surface area contributed by atoms with Gasteiger partial charge in [0.1, 0.15) is 0 Å². The van der Waals surface area contributed by atoms with Gasteiger partial charge in [-0.05, 0) is 24.0 Å². The Balaban J connectivity index is 2.32. The van der Waals surface area contributed by atoms with Crippen molar-refractivity contribution in [2.45, 2.75) is 32.1 Å². The number of carbonyl (C=O) groups excluding carboxylic acids is 1. The van der Waals surface area contributed by atoms with E-state index in [-0.39, 0.29) is 17.3 Å². The summed E-state index contributed by atoms with van der Waals surface area (Å²) in [6.45, 7) is 5.38. The fourth-order valence-electron chi connectivity index (χ4n) is 2.89. The van der Waals surface area contributed by atoms with Gasteiger partial charge in [-0.2, -0.15) is 0 Å². The van der Waals surface area contributed by atoms with Crippen LogP contribution in [0.4, 0.5) is 0 Å². The molecule has 3 nitrogen and oxygen atoms in total. The number of ether oxygens (including phenoxy) is 2. The number of hydrogen-bond donors (Lipinski definition) is 0. The zero-order valence-corrected chi connectivity index (χ0v) is 11.9. The van der Waals surface area contributed by atoms with Gasteiger partial charge in [0.15, 0.2) is 0 Å². The molecule has 0 bridgehead atoms. The molecule has 0 radical (unpaired) electrons. The molecule has 1 fully saturated rings. The Bertz CT molecular complexity index is 432. The van der Waals surface area contributed by atoms with E-state index >= 15 is 0 Å². The summed E-state index contributed by atoms with van der Waals surface area (Å²) in [7, 11) is 1.46. The van der Waals surface area contributed by atoms with Gasteiger partial charge in [-0.25, -0.2) is 0 Å². The minimum atomic E-state index is -0.200. The summed E-state index contributed by atoms with van der Waals surface area (Å²) in [4.78, 5) is 12.0. The zero-order chi connectivity index (χ0) is 13.9. The lowest BCUT2D eigenvalue weighted by Gasteiger charge is -2.46. The maximum Gasteiger partial charge on any atom is 0.309 e. The second kappa shape index (κ2) is 5.74. The SMILES string of the molecule is CCc1ccc(C2(C(CC)C(=O)OC)COC2)cc1. The van der Waals surface area contributed by atoms with Crippen LogP contribution in [-0.2, 0) is 26.1 Å². The quantitative estimate of drug-likeness (QED) is 0.765. The standard InChI is InChI=1S/C16H22O3/c1-4-12-6-8-13(9-7-12)16(10-19-11-16)14(5-2)15(17)18-3/h6-9,14H,4-5,10-11H2,1-3H3. The Labute approximate surface area is 114 Å². The lowest BCUT2D eigenvalue weighted by Crippen LogP contribution is -2.54. The first-order chi connectivity index (χ1) is 9.17. The highest BCUT2D eigenvalue weighted by Crippen LogP contribution is 2.41. The molecule has 0 amide bonds. The molecule has 1 atom stereocenters. The van der Waals surface area contributed by atoms with E-state index in [9.17, 15) is 4.79 Å². The summed E-state index contributed by atoms with van der Waals surface area (Å²) in [6, 6.07) is 8.54. The van der Waals surface area contributed by atoms with Gasteiger partial charge < -0.3 is 9.47 Å². The Morgan fingerprint density at radius 1 is 1.32 bits per heavy atom. The highest BCUT2D eigenvalue weighted by atomic mass is 16.5. The highest BCUT2D eigenvalue weighted by Gasteiger charge is 2.49.